The van der Waals surface area contributed by atoms with Crippen molar-refractivity contribution in [3.63, 3.8) is 0 Å². The Bertz CT molecular complexity index is 1660. The maximum atomic E-state index is 13.0. The third-order valence-corrected chi connectivity index (χ3v) is 9.82. The molecule has 0 atom stereocenters. The zero-order chi connectivity index (χ0) is 30.8. The highest BCUT2D eigenvalue weighted by atomic mass is 32.1. The summed E-state index contributed by atoms with van der Waals surface area (Å²) in [5.74, 6) is 0.972. The van der Waals surface area contributed by atoms with Gasteiger partial charge in [0, 0.05) is 87.8 Å². The van der Waals surface area contributed by atoms with E-state index in [2.05, 4.69) is 65.4 Å². The van der Waals surface area contributed by atoms with Crippen molar-refractivity contribution in [2.75, 3.05) is 63.5 Å². The normalized spacial score (nSPS) is 17.4. The Morgan fingerprint density at radius 1 is 1.05 bits per heavy atom. The van der Waals surface area contributed by atoms with Crippen molar-refractivity contribution >= 4 is 44.2 Å². The van der Waals surface area contributed by atoms with Crippen LogP contribution in [-0.4, -0.2) is 89.4 Å². The first kappa shape index (κ1) is 30.6. The Kier molecular flexibility index (Phi) is 8.96. The standard InChI is InChI=1S/C31H38F3N9S/c1-20-21(3-4-27-25(20)15-23(18-35)43(27)14-13-41-11-7-37-8-12-41)19-42-9-5-22(6-10-42)38-28-26-16-24(17-31(32,33)34)44-29(26)40-30(36-2)39-28/h3-4,15-16,22,37H,5-14,17,19H2,1-2H3,(H2,36,38,39,40). The number of hydrogen-bond donors (Lipinski definition) is 3. The van der Waals surface area contributed by atoms with Crippen LogP contribution in [0, 0.1) is 18.3 Å². The van der Waals surface area contributed by atoms with Gasteiger partial charge in [0.15, 0.2) is 0 Å². The average Bonchev–Trinajstić information content (AvgIpc) is 3.58. The molecule has 0 saturated carbocycles. The summed E-state index contributed by atoms with van der Waals surface area (Å²) in [6, 6.07) is 10.5. The maximum Gasteiger partial charge on any atom is 0.393 e. The van der Waals surface area contributed by atoms with Gasteiger partial charge in [-0.15, -0.1) is 11.3 Å². The van der Waals surface area contributed by atoms with Gasteiger partial charge in [0.2, 0.25) is 5.95 Å². The fourth-order valence-corrected chi connectivity index (χ4v) is 7.41. The number of nitriles is 1. The van der Waals surface area contributed by atoms with Gasteiger partial charge < -0.3 is 20.5 Å². The van der Waals surface area contributed by atoms with E-state index in [1.54, 1.807) is 13.1 Å². The van der Waals surface area contributed by atoms with Gasteiger partial charge in [0.25, 0.3) is 0 Å². The molecule has 0 radical (unpaired) electrons. The van der Waals surface area contributed by atoms with Crippen LogP contribution in [0.15, 0.2) is 24.3 Å². The molecule has 4 aromatic rings. The van der Waals surface area contributed by atoms with Crippen molar-refractivity contribution in [3.8, 4) is 6.07 Å². The van der Waals surface area contributed by atoms with Gasteiger partial charge in [0.1, 0.15) is 22.4 Å². The van der Waals surface area contributed by atoms with Crippen LogP contribution in [0.1, 0.15) is 34.5 Å². The van der Waals surface area contributed by atoms with Crippen LogP contribution in [0.25, 0.3) is 21.1 Å². The molecule has 13 heteroatoms. The van der Waals surface area contributed by atoms with Crippen LogP contribution in [0.2, 0.25) is 0 Å². The summed E-state index contributed by atoms with van der Waals surface area (Å²) in [5, 5.41) is 21.5. The first-order valence-corrected chi connectivity index (χ1v) is 16.0. The molecule has 234 valence electrons. The van der Waals surface area contributed by atoms with Crippen LogP contribution in [-0.2, 0) is 19.5 Å². The van der Waals surface area contributed by atoms with Crippen molar-refractivity contribution in [2.45, 2.75) is 51.5 Å². The Morgan fingerprint density at radius 2 is 1.82 bits per heavy atom. The molecule has 0 aliphatic carbocycles. The summed E-state index contributed by atoms with van der Waals surface area (Å²) in [6.45, 7) is 10.6. The molecular formula is C31H38F3N9S. The second-order valence-corrected chi connectivity index (χ2v) is 12.8. The zero-order valence-corrected chi connectivity index (χ0v) is 25.9. The van der Waals surface area contributed by atoms with Crippen LogP contribution in [0.4, 0.5) is 24.9 Å². The third kappa shape index (κ3) is 6.78. The number of anilines is 2. The van der Waals surface area contributed by atoms with Crippen molar-refractivity contribution < 1.29 is 13.2 Å². The number of nitrogens with one attached hydrogen (secondary N) is 3. The fourth-order valence-electron chi connectivity index (χ4n) is 6.35. The van der Waals surface area contributed by atoms with E-state index in [1.165, 1.54) is 11.1 Å². The van der Waals surface area contributed by atoms with E-state index in [1.807, 2.05) is 6.07 Å². The zero-order valence-electron chi connectivity index (χ0n) is 25.1. The molecule has 1 aromatic carbocycles. The molecule has 0 bridgehead atoms. The molecule has 0 amide bonds. The number of benzene rings is 1. The fraction of sp³-hybridized carbons (Fsp3) is 0.516. The number of aromatic nitrogens is 3. The van der Waals surface area contributed by atoms with Crippen LogP contribution in [0.5, 0.6) is 0 Å². The molecular weight excluding hydrogens is 587 g/mol. The largest absolute Gasteiger partial charge is 0.393 e. The minimum Gasteiger partial charge on any atom is -0.367 e. The number of hydrogen-bond acceptors (Lipinski definition) is 9. The van der Waals surface area contributed by atoms with Crippen molar-refractivity contribution in [1.82, 2.24) is 29.7 Å². The topological polar surface area (TPSA) is 97.1 Å². The average molecular weight is 626 g/mol. The lowest BCUT2D eigenvalue weighted by Gasteiger charge is -2.33. The molecule has 6 rings (SSSR count). The smallest absolute Gasteiger partial charge is 0.367 e. The van der Waals surface area contributed by atoms with E-state index in [0.29, 0.717) is 27.7 Å². The SMILES string of the molecule is CNc1nc(NC2CCN(Cc3ccc4c(cc(C#N)n4CCN4CCNCC4)c3C)CC2)c2cc(CC(F)(F)F)sc2n1. The summed E-state index contributed by atoms with van der Waals surface area (Å²) in [4.78, 5) is 14.6. The lowest BCUT2D eigenvalue weighted by atomic mass is 10.0. The second kappa shape index (κ2) is 12.9. The summed E-state index contributed by atoms with van der Waals surface area (Å²) >= 11 is 1.06. The van der Waals surface area contributed by atoms with E-state index in [-0.39, 0.29) is 10.9 Å². The number of likely N-dealkylation sites (tertiary alicyclic amines) is 1. The molecule has 3 aromatic heterocycles. The quantitative estimate of drug-likeness (QED) is 0.241. The Balaban J connectivity index is 1.11. The molecule has 2 fully saturated rings. The van der Waals surface area contributed by atoms with Crippen molar-refractivity contribution in [2.24, 2.45) is 0 Å². The highest BCUT2D eigenvalue weighted by molar-refractivity contribution is 7.18. The molecule has 5 heterocycles. The summed E-state index contributed by atoms with van der Waals surface area (Å²) < 4.78 is 41.3. The first-order chi connectivity index (χ1) is 21.2. The van der Waals surface area contributed by atoms with E-state index in [4.69, 9.17) is 0 Å². The predicted octanol–water partition coefficient (Wildman–Crippen LogP) is 4.95. The minimum absolute atomic E-state index is 0.159. The van der Waals surface area contributed by atoms with E-state index >= 15 is 0 Å². The minimum atomic E-state index is -4.27. The van der Waals surface area contributed by atoms with Gasteiger partial charge in [-0.05, 0) is 49.1 Å². The Morgan fingerprint density at radius 3 is 2.52 bits per heavy atom. The Hall–Kier alpha value is -3.44. The molecule has 0 spiro atoms. The van der Waals surface area contributed by atoms with Gasteiger partial charge in [0.05, 0.1) is 11.8 Å². The van der Waals surface area contributed by atoms with Crippen LogP contribution >= 0.6 is 11.3 Å². The predicted molar refractivity (Wildman–Crippen MR) is 169 cm³/mol. The van der Waals surface area contributed by atoms with Crippen LogP contribution in [0.3, 0.4) is 0 Å². The first-order valence-electron chi connectivity index (χ1n) is 15.2. The number of fused-ring (bicyclic) bond motifs is 2. The molecule has 2 saturated heterocycles. The Labute approximate surface area is 259 Å². The number of aryl methyl sites for hydroxylation is 1. The number of piperazine rings is 1. The lowest BCUT2D eigenvalue weighted by molar-refractivity contribution is -0.126. The molecule has 2 aliphatic heterocycles. The highest BCUT2D eigenvalue weighted by Gasteiger charge is 2.29. The monoisotopic (exact) mass is 625 g/mol. The maximum absolute atomic E-state index is 13.0. The number of halogens is 3. The van der Waals surface area contributed by atoms with Crippen molar-refractivity contribution in [3.05, 3.63) is 46.0 Å². The van der Waals surface area contributed by atoms with Gasteiger partial charge in [-0.1, -0.05) is 6.07 Å². The number of alkyl halides is 3. The van der Waals surface area contributed by atoms with Gasteiger partial charge in [-0.3, -0.25) is 9.80 Å². The molecule has 2 aliphatic rings. The molecule has 44 heavy (non-hydrogen) atoms. The van der Waals surface area contributed by atoms with E-state index in [0.717, 1.165) is 94.0 Å². The number of piperidine rings is 1. The summed E-state index contributed by atoms with van der Waals surface area (Å²) in [5.41, 5.74) is 4.30. The molecule has 3 N–H and O–H groups in total. The van der Waals surface area contributed by atoms with E-state index in [9.17, 15) is 18.4 Å². The lowest BCUT2D eigenvalue weighted by Crippen LogP contribution is -2.44. The van der Waals surface area contributed by atoms with E-state index < -0.39 is 12.6 Å². The summed E-state index contributed by atoms with van der Waals surface area (Å²) in [7, 11) is 1.70. The number of rotatable bonds is 9. The van der Waals surface area contributed by atoms with Gasteiger partial charge in [-0.2, -0.15) is 23.4 Å². The molecule has 0 unspecified atom stereocenters. The van der Waals surface area contributed by atoms with Crippen molar-refractivity contribution in [1.29, 1.82) is 5.26 Å². The van der Waals surface area contributed by atoms with Gasteiger partial charge in [-0.25, -0.2) is 4.98 Å². The second-order valence-electron chi connectivity index (χ2n) is 11.7. The highest BCUT2D eigenvalue weighted by Crippen LogP contribution is 2.35. The van der Waals surface area contributed by atoms with Gasteiger partial charge >= 0.3 is 6.18 Å². The third-order valence-electron chi connectivity index (χ3n) is 8.80. The molecule has 9 nitrogen and oxygen atoms in total. The number of thiophene rings is 1. The van der Waals surface area contributed by atoms with Crippen LogP contribution < -0.4 is 16.0 Å². The summed E-state index contributed by atoms with van der Waals surface area (Å²) in [6.07, 6.45) is -3.45. The number of nitrogens with zero attached hydrogens (tertiary/aromatic N) is 6.